The summed E-state index contributed by atoms with van der Waals surface area (Å²) in [6.45, 7) is 1.99. The average Bonchev–Trinajstić information content (AvgIpc) is 2.69. The van der Waals surface area contributed by atoms with Crippen LogP contribution in [0.4, 0.5) is 0 Å². The van der Waals surface area contributed by atoms with Crippen molar-refractivity contribution in [2.24, 2.45) is 10.7 Å². The first-order valence-electron chi connectivity index (χ1n) is 5.57. The molecule has 3 N–H and O–H groups in total. The van der Waals surface area contributed by atoms with E-state index in [2.05, 4.69) is 4.99 Å². The van der Waals surface area contributed by atoms with E-state index >= 15 is 0 Å². The van der Waals surface area contributed by atoms with Gasteiger partial charge < -0.3 is 20.5 Å². The number of ether oxygens (including phenoxy) is 1. The molecule has 0 bridgehead atoms. The third kappa shape index (κ3) is 2.50. The minimum Gasteiger partial charge on any atom is -0.508 e. The van der Waals surface area contributed by atoms with E-state index < -0.39 is 0 Å². The van der Waals surface area contributed by atoms with Crippen LogP contribution >= 0.6 is 0 Å². The van der Waals surface area contributed by atoms with Gasteiger partial charge in [0, 0.05) is 13.7 Å². The molecule has 92 valence electrons. The number of rotatable bonds is 4. The van der Waals surface area contributed by atoms with Gasteiger partial charge in [0.1, 0.15) is 5.75 Å². The zero-order valence-electron chi connectivity index (χ0n) is 9.84. The van der Waals surface area contributed by atoms with Gasteiger partial charge in [-0.05, 0) is 17.7 Å². The first-order valence-corrected chi connectivity index (χ1v) is 5.57. The Balaban J connectivity index is 2.12. The molecule has 1 aliphatic rings. The monoisotopic (exact) mass is 235 g/mol. The lowest BCUT2D eigenvalue weighted by Gasteiger charge is -2.26. The average molecular weight is 235 g/mol. The molecule has 0 aliphatic carbocycles. The van der Waals surface area contributed by atoms with Gasteiger partial charge in [-0.2, -0.15) is 0 Å². The van der Waals surface area contributed by atoms with Crippen LogP contribution in [-0.4, -0.2) is 42.8 Å². The van der Waals surface area contributed by atoms with Crippen molar-refractivity contribution in [3.63, 3.8) is 0 Å². The van der Waals surface area contributed by atoms with Crippen LogP contribution in [0.1, 0.15) is 11.6 Å². The molecule has 5 heteroatoms. The van der Waals surface area contributed by atoms with E-state index in [1.807, 2.05) is 17.0 Å². The van der Waals surface area contributed by atoms with Crippen LogP contribution < -0.4 is 5.73 Å². The first-order chi connectivity index (χ1) is 8.22. The molecule has 1 unspecified atom stereocenters. The number of benzene rings is 1. The zero-order chi connectivity index (χ0) is 12.3. The second kappa shape index (κ2) is 5.05. The molecular formula is C12H17N3O2. The summed E-state index contributed by atoms with van der Waals surface area (Å²) in [7, 11) is 1.67. The van der Waals surface area contributed by atoms with Crippen LogP contribution in [0.25, 0.3) is 0 Å². The normalized spacial score (nSPS) is 19.5. The maximum Gasteiger partial charge on any atom is 0.192 e. The van der Waals surface area contributed by atoms with E-state index in [1.165, 1.54) is 0 Å². The fraction of sp³-hybridized carbons (Fsp3) is 0.417. The van der Waals surface area contributed by atoms with Crippen molar-refractivity contribution in [1.29, 1.82) is 0 Å². The number of guanidine groups is 1. The lowest BCUT2D eigenvalue weighted by molar-refractivity contribution is 0.166. The van der Waals surface area contributed by atoms with Gasteiger partial charge >= 0.3 is 0 Å². The highest BCUT2D eigenvalue weighted by atomic mass is 16.5. The Morgan fingerprint density at radius 3 is 2.82 bits per heavy atom. The summed E-state index contributed by atoms with van der Waals surface area (Å²) in [5.41, 5.74) is 6.95. The van der Waals surface area contributed by atoms with Crippen LogP contribution in [0, 0.1) is 0 Å². The lowest BCUT2D eigenvalue weighted by Crippen LogP contribution is -2.38. The van der Waals surface area contributed by atoms with Crippen molar-refractivity contribution in [3.05, 3.63) is 29.8 Å². The highest BCUT2D eigenvalue weighted by molar-refractivity contribution is 5.80. The standard InChI is InChI=1S/C12H17N3O2/c1-17-7-6-15-11(8-14-12(15)13)9-2-4-10(16)5-3-9/h2-5,11,16H,6-8H2,1H3,(H2,13,14). The molecule has 1 aromatic carbocycles. The molecule has 0 spiro atoms. The van der Waals surface area contributed by atoms with Crippen LogP contribution in [0.2, 0.25) is 0 Å². The Kier molecular flexibility index (Phi) is 3.49. The third-order valence-corrected chi connectivity index (χ3v) is 2.91. The molecule has 1 aliphatic heterocycles. The van der Waals surface area contributed by atoms with E-state index in [4.69, 9.17) is 10.5 Å². The molecule has 1 heterocycles. The van der Waals surface area contributed by atoms with Gasteiger partial charge in [0.15, 0.2) is 5.96 Å². The summed E-state index contributed by atoms with van der Waals surface area (Å²) >= 11 is 0. The fourth-order valence-electron chi connectivity index (χ4n) is 1.97. The summed E-state index contributed by atoms with van der Waals surface area (Å²) in [4.78, 5) is 6.28. The molecule has 0 saturated heterocycles. The number of hydrogen-bond donors (Lipinski definition) is 2. The minimum atomic E-state index is 0.144. The Bertz CT molecular complexity index is 403. The number of hydrogen-bond acceptors (Lipinski definition) is 5. The SMILES string of the molecule is COCCN1C(N)=NCC1c1ccc(O)cc1. The summed E-state index contributed by atoms with van der Waals surface area (Å²) in [6, 6.07) is 7.30. The van der Waals surface area contributed by atoms with Crippen LogP contribution in [-0.2, 0) is 4.74 Å². The minimum absolute atomic E-state index is 0.144. The van der Waals surface area contributed by atoms with E-state index in [1.54, 1.807) is 19.2 Å². The summed E-state index contributed by atoms with van der Waals surface area (Å²) in [6.07, 6.45) is 0. The number of phenols is 1. The maximum absolute atomic E-state index is 9.27. The quantitative estimate of drug-likeness (QED) is 0.806. The Hall–Kier alpha value is -1.75. The zero-order valence-corrected chi connectivity index (χ0v) is 9.84. The molecule has 0 saturated carbocycles. The smallest absolute Gasteiger partial charge is 0.192 e. The molecule has 1 atom stereocenters. The maximum atomic E-state index is 9.27. The Morgan fingerprint density at radius 2 is 2.18 bits per heavy atom. The second-order valence-electron chi connectivity index (χ2n) is 3.99. The van der Waals surface area contributed by atoms with Gasteiger partial charge in [0.05, 0.1) is 19.2 Å². The first kappa shape index (κ1) is 11.7. The topological polar surface area (TPSA) is 71.1 Å². The second-order valence-corrected chi connectivity index (χ2v) is 3.99. The van der Waals surface area contributed by atoms with Crippen molar-refractivity contribution < 1.29 is 9.84 Å². The number of phenolic OH excluding ortho intramolecular Hbond substituents is 1. The van der Waals surface area contributed by atoms with Gasteiger partial charge in [-0.3, -0.25) is 4.99 Å². The molecule has 0 fully saturated rings. The van der Waals surface area contributed by atoms with Crippen LogP contribution in [0.3, 0.4) is 0 Å². The molecule has 17 heavy (non-hydrogen) atoms. The molecule has 0 aromatic heterocycles. The highest BCUT2D eigenvalue weighted by Gasteiger charge is 2.26. The van der Waals surface area contributed by atoms with E-state index in [-0.39, 0.29) is 11.8 Å². The van der Waals surface area contributed by atoms with E-state index in [0.29, 0.717) is 19.1 Å². The van der Waals surface area contributed by atoms with Gasteiger partial charge in [-0.1, -0.05) is 12.1 Å². The number of nitrogens with two attached hydrogens (primary N) is 1. The van der Waals surface area contributed by atoms with Crippen molar-refractivity contribution in [3.8, 4) is 5.75 Å². The Morgan fingerprint density at radius 1 is 1.47 bits per heavy atom. The van der Waals surface area contributed by atoms with Crippen LogP contribution in [0.15, 0.2) is 29.3 Å². The van der Waals surface area contributed by atoms with Crippen molar-refractivity contribution in [1.82, 2.24) is 4.90 Å². The molecular weight excluding hydrogens is 218 g/mol. The summed E-state index contributed by atoms with van der Waals surface area (Å²) < 4.78 is 5.06. The van der Waals surface area contributed by atoms with Crippen molar-refractivity contribution in [2.75, 3.05) is 26.8 Å². The molecule has 1 aromatic rings. The predicted molar refractivity (Wildman–Crippen MR) is 65.9 cm³/mol. The predicted octanol–water partition coefficient (Wildman–Crippen LogP) is 0.710. The largest absolute Gasteiger partial charge is 0.508 e. The fourth-order valence-corrected chi connectivity index (χ4v) is 1.97. The Labute approximate surface area is 101 Å². The molecule has 2 rings (SSSR count). The van der Waals surface area contributed by atoms with Crippen LogP contribution in [0.5, 0.6) is 5.75 Å². The lowest BCUT2D eigenvalue weighted by atomic mass is 10.1. The van der Waals surface area contributed by atoms with E-state index in [0.717, 1.165) is 12.1 Å². The summed E-state index contributed by atoms with van der Waals surface area (Å²) in [5, 5.41) is 9.27. The third-order valence-electron chi connectivity index (χ3n) is 2.91. The van der Waals surface area contributed by atoms with Gasteiger partial charge in [-0.15, -0.1) is 0 Å². The number of aliphatic imine (C=N–C) groups is 1. The van der Waals surface area contributed by atoms with Gasteiger partial charge in [0.25, 0.3) is 0 Å². The summed E-state index contributed by atoms with van der Waals surface area (Å²) in [5.74, 6) is 0.823. The van der Waals surface area contributed by atoms with Gasteiger partial charge in [0.2, 0.25) is 0 Å². The van der Waals surface area contributed by atoms with Crippen molar-refractivity contribution >= 4 is 5.96 Å². The highest BCUT2D eigenvalue weighted by Crippen LogP contribution is 2.26. The number of nitrogens with zero attached hydrogens (tertiary/aromatic N) is 2. The number of aromatic hydroxyl groups is 1. The molecule has 0 amide bonds. The van der Waals surface area contributed by atoms with Crippen molar-refractivity contribution in [2.45, 2.75) is 6.04 Å². The molecule has 0 radical (unpaired) electrons. The molecule has 5 nitrogen and oxygen atoms in total. The van der Waals surface area contributed by atoms with Gasteiger partial charge in [-0.25, -0.2) is 0 Å². The number of methoxy groups -OCH3 is 1. The van der Waals surface area contributed by atoms with E-state index in [9.17, 15) is 5.11 Å².